The Morgan fingerprint density at radius 3 is 2.65 bits per heavy atom. The van der Waals surface area contributed by atoms with Crippen molar-refractivity contribution in [3.63, 3.8) is 0 Å². The van der Waals surface area contributed by atoms with Crippen molar-refractivity contribution in [2.45, 2.75) is 13.5 Å². The number of nitrogens with two attached hydrogens (primary N) is 1. The third kappa shape index (κ3) is 3.09. The normalized spacial score (nSPS) is 17.7. The summed E-state index contributed by atoms with van der Waals surface area (Å²) in [5.74, 6) is -0.705. The first-order chi connectivity index (χ1) is 12.3. The van der Waals surface area contributed by atoms with Crippen molar-refractivity contribution in [3.05, 3.63) is 57.2 Å². The number of carbonyl (C=O) groups is 1. The number of aryl methyl sites for hydroxylation is 1. The lowest BCUT2D eigenvalue weighted by molar-refractivity contribution is -0.112. The number of nitrogens with one attached hydrogen (secondary N) is 1. The first-order valence-corrected chi connectivity index (χ1v) is 9.60. The van der Waals surface area contributed by atoms with Crippen LogP contribution in [-0.2, 0) is 11.3 Å². The number of hydrogen-bond donors (Lipinski definition) is 3. The third-order valence-corrected chi connectivity index (χ3v) is 6.44. The van der Waals surface area contributed by atoms with Gasteiger partial charge < -0.3 is 15.4 Å². The second kappa shape index (κ2) is 7.10. The number of nitrogens with zero attached hydrogens (tertiary/aromatic N) is 2. The molecule has 1 fully saturated rings. The van der Waals surface area contributed by atoms with Crippen molar-refractivity contribution in [2.75, 3.05) is 4.90 Å². The van der Waals surface area contributed by atoms with Gasteiger partial charge in [-0.1, -0.05) is 47.8 Å². The zero-order valence-electron chi connectivity index (χ0n) is 13.9. The number of benzene rings is 1. The van der Waals surface area contributed by atoms with Gasteiger partial charge in [-0.25, -0.2) is 0 Å². The van der Waals surface area contributed by atoms with Gasteiger partial charge in [0.05, 0.1) is 5.69 Å². The molecule has 26 heavy (non-hydrogen) atoms. The minimum atomic E-state index is -0.446. The molecule has 1 amide bonds. The number of thioether (sulfide) groups is 1. The smallest absolute Gasteiger partial charge is 0.273 e. The van der Waals surface area contributed by atoms with Crippen LogP contribution in [0, 0.1) is 12.3 Å². The topological polar surface area (TPSA) is 95.3 Å². The molecule has 0 unspecified atom stereocenters. The number of aliphatic hydroxyl groups is 1. The number of rotatable bonds is 3. The van der Waals surface area contributed by atoms with Gasteiger partial charge in [-0.2, -0.15) is 0 Å². The Labute approximate surface area is 163 Å². The Morgan fingerprint density at radius 2 is 2.08 bits per heavy atom. The summed E-state index contributed by atoms with van der Waals surface area (Å²) >= 11 is 7.66. The van der Waals surface area contributed by atoms with Crippen molar-refractivity contribution < 1.29 is 9.90 Å². The van der Waals surface area contributed by atoms with E-state index in [0.717, 1.165) is 16.9 Å². The van der Waals surface area contributed by atoms with Crippen molar-refractivity contribution in [1.82, 2.24) is 4.57 Å². The first-order valence-electron chi connectivity index (χ1n) is 7.56. The fourth-order valence-electron chi connectivity index (χ4n) is 2.48. The summed E-state index contributed by atoms with van der Waals surface area (Å²) in [7, 11) is 0. The number of thiocarbonyl (C=S) groups is 1. The lowest BCUT2D eigenvalue weighted by atomic mass is 10.2. The van der Waals surface area contributed by atoms with Crippen LogP contribution in [0.4, 0.5) is 5.69 Å². The lowest BCUT2D eigenvalue weighted by Crippen LogP contribution is -2.34. The number of amides is 1. The summed E-state index contributed by atoms with van der Waals surface area (Å²) in [5, 5.41) is 17.8. The van der Waals surface area contributed by atoms with Crippen LogP contribution in [0.5, 0.6) is 0 Å². The Morgan fingerprint density at radius 1 is 1.42 bits per heavy atom. The zero-order valence-corrected chi connectivity index (χ0v) is 16.3. The molecule has 0 bridgehead atoms. The second-order valence-electron chi connectivity index (χ2n) is 5.54. The zero-order chi connectivity index (χ0) is 19.0. The van der Waals surface area contributed by atoms with E-state index in [9.17, 15) is 9.90 Å². The average molecular weight is 405 g/mol. The predicted molar refractivity (Wildman–Crippen MR) is 110 cm³/mol. The van der Waals surface area contributed by atoms with Crippen LogP contribution in [0.25, 0.3) is 10.8 Å². The minimum absolute atomic E-state index is 0.0329. The summed E-state index contributed by atoms with van der Waals surface area (Å²) in [4.78, 5) is 14.9. The third-order valence-electron chi connectivity index (χ3n) is 3.73. The number of aromatic nitrogens is 1. The van der Waals surface area contributed by atoms with E-state index in [1.54, 1.807) is 10.6 Å². The quantitative estimate of drug-likeness (QED) is 0.529. The molecule has 3 rings (SSSR count). The van der Waals surface area contributed by atoms with Crippen LogP contribution in [0.2, 0.25) is 0 Å². The fourth-order valence-corrected chi connectivity index (χ4v) is 4.96. The van der Waals surface area contributed by atoms with E-state index in [1.807, 2.05) is 31.2 Å². The van der Waals surface area contributed by atoms with E-state index in [2.05, 4.69) is 6.58 Å². The molecule has 1 saturated heterocycles. The highest BCUT2D eigenvalue weighted by Crippen LogP contribution is 2.35. The number of hydrogen-bond acceptors (Lipinski definition) is 7. The summed E-state index contributed by atoms with van der Waals surface area (Å²) in [6, 6.07) is 7.52. The van der Waals surface area contributed by atoms with Gasteiger partial charge in [0.25, 0.3) is 5.91 Å². The molecule has 0 aliphatic carbocycles. The van der Waals surface area contributed by atoms with E-state index < -0.39 is 5.88 Å². The lowest BCUT2D eigenvalue weighted by Gasteiger charge is -2.14. The van der Waals surface area contributed by atoms with Gasteiger partial charge in [0.2, 0.25) is 5.88 Å². The molecule has 134 valence electrons. The molecule has 0 saturated carbocycles. The highest BCUT2D eigenvalue weighted by atomic mass is 32.2. The predicted octanol–water partition coefficient (Wildman–Crippen LogP) is 1.28. The van der Waals surface area contributed by atoms with E-state index in [4.69, 9.17) is 23.4 Å². The summed E-state index contributed by atoms with van der Waals surface area (Å²) in [5.41, 5.74) is 7.29. The average Bonchev–Trinajstić information content (AvgIpc) is 3.06. The van der Waals surface area contributed by atoms with Gasteiger partial charge in [0, 0.05) is 6.54 Å². The van der Waals surface area contributed by atoms with Crippen LogP contribution in [-0.4, -0.2) is 19.9 Å². The molecule has 0 atom stereocenters. The number of allylic oxidation sites excluding steroid dienone is 1. The van der Waals surface area contributed by atoms with Gasteiger partial charge in [0.15, 0.2) is 4.32 Å². The standard InChI is InChI=1S/C17H16N4O2S3/c1-3-8-20-13(18)11(14(19)22)25-16(20)12-15(23)21(17(24)26-12)10-6-4-9(2)5-7-10/h3-7,18,22H,1,8,19H2,2H3/b14-11?,16-12+,18-13?. The maximum absolute atomic E-state index is 13.0. The number of aliphatic hydroxyl groups excluding tert-OH is 1. The summed E-state index contributed by atoms with van der Waals surface area (Å²) in [6.07, 6.45) is 1.62. The second-order valence-corrected chi connectivity index (χ2v) is 8.19. The molecule has 9 heteroatoms. The molecule has 2 aromatic rings. The molecule has 2 heterocycles. The number of carbonyl (C=O) groups excluding carboxylic acids is 1. The molecule has 1 aromatic heterocycles. The highest BCUT2D eigenvalue weighted by Gasteiger charge is 2.35. The largest absolute Gasteiger partial charge is 0.494 e. The molecular formula is C17H16N4O2S3. The van der Waals surface area contributed by atoms with Crippen molar-refractivity contribution >= 4 is 62.0 Å². The number of thiazole rings is 1. The summed E-state index contributed by atoms with van der Waals surface area (Å²) in [6.45, 7) is 5.97. The SMILES string of the molecule is C=CCn1c(=N)c(=C(N)O)s/c1=C1/SC(=S)N(c2ccc(C)cc2)C1=O. The minimum Gasteiger partial charge on any atom is -0.494 e. The molecule has 1 aliphatic rings. The molecule has 6 nitrogen and oxygen atoms in total. The Hall–Kier alpha value is -2.36. The molecule has 0 radical (unpaired) electrons. The molecular weight excluding hydrogens is 388 g/mol. The first kappa shape index (κ1) is 18.4. The molecule has 1 aromatic carbocycles. The van der Waals surface area contributed by atoms with Crippen molar-refractivity contribution in [2.24, 2.45) is 5.73 Å². The van der Waals surface area contributed by atoms with Crippen LogP contribution in [0.15, 0.2) is 36.9 Å². The van der Waals surface area contributed by atoms with Gasteiger partial charge >= 0.3 is 0 Å². The van der Waals surface area contributed by atoms with Gasteiger partial charge in [-0.3, -0.25) is 15.1 Å². The van der Waals surface area contributed by atoms with Crippen molar-refractivity contribution in [3.8, 4) is 0 Å². The van der Waals surface area contributed by atoms with Crippen molar-refractivity contribution in [1.29, 1.82) is 5.41 Å². The van der Waals surface area contributed by atoms with E-state index in [0.29, 0.717) is 26.1 Å². The maximum atomic E-state index is 13.0. The Bertz CT molecular complexity index is 1090. The van der Waals surface area contributed by atoms with Gasteiger partial charge in [0.1, 0.15) is 19.6 Å². The Balaban J connectivity index is 2.23. The van der Waals surface area contributed by atoms with Crippen LogP contribution < -0.4 is 25.3 Å². The summed E-state index contributed by atoms with van der Waals surface area (Å²) < 4.78 is 2.73. The molecule has 4 N–H and O–H groups in total. The van der Waals surface area contributed by atoms with Crippen LogP contribution >= 0.6 is 35.3 Å². The Kier molecular flexibility index (Phi) is 5.03. The van der Waals surface area contributed by atoms with Crippen LogP contribution in [0.3, 0.4) is 0 Å². The maximum Gasteiger partial charge on any atom is 0.273 e. The van der Waals surface area contributed by atoms with E-state index in [1.165, 1.54) is 16.7 Å². The number of anilines is 1. The van der Waals surface area contributed by atoms with Crippen LogP contribution in [0.1, 0.15) is 5.56 Å². The van der Waals surface area contributed by atoms with Gasteiger partial charge in [-0.05, 0) is 19.1 Å². The monoisotopic (exact) mass is 404 g/mol. The fraction of sp³-hybridized carbons (Fsp3) is 0.118. The van der Waals surface area contributed by atoms with Gasteiger partial charge in [-0.15, -0.1) is 17.9 Å². The molecule has 0 spiro atoms. The molecule has 1 aliphatic heterocycles. The van der Waals surface area contributed by atoms with E-state index in [-0.39, 0.29) is 15.9 Å². The highest BCUT2D eigenvalue weighted by molar-refractivity contribution is 8.31. The van der Waals surface area contributed by atoms with E-state index >= 15 is 0 Å².